The summed E-state index contributed by atoms with van der Waals surface area (Å²) in [7, 11) is -4.50. The maximum atomic E-state index is 10.1. The molecule has 0 aliphatic carbocycles. The van der Waals surface area contributed by atoms with Crippen molar-refractivity contribution in [2.45, 2.75) is 25.5 Å². The average Bonchev–Trinajstić information content (AvgIpc) is 1.76. The van der Waals surface area contributed by atoms with E-state index < -0.39 is 19.3 Å². The zero-order valence-electron chi connectivity index (χ0n) is 7.78. The Morgan fingerprint density at radius 3 is 1.93 bits per heavy atom. The summed E-state index contributed by atoms with van der Waals surface area (Å²) in [6, 6.07) is 0. The molecule has 0 heterocycles. The fraction of sp³-hybridized carbons (Fsp3) is 1.00. The minimum atomic E-state index is -5.11. The predicted octanol–water partition coefficient (Wildman–Crippen LogP) is -0.0614. The van der Waals surface area contributed by atoms with Gasteiger partial charge in [-0.25, -0.2) is 0 Å². The van der Waals surface area contributed by atoms with Gasteiger partial charge in [0.2, 0.25) is 10.9 Å². The third-order valence-electron chi connectivity index (χ3n) is 0.617. The highest BCUT2D eigenvalue weighted by atomic mass is 32.5. The van der Waals surface area contributed by atoms with Crippen LogP contribution in [0.5, 0.6) is 0 Å². The van der Waals surface area contributed by atoms with Gasteiger partial charge in [0, 0.05) is 0 Å². The first-order valence-electron chi connectivity index (χ1n) is 3.38. The minimum Gasteiger partial charge on any atom is -0.755 e. The fourth-order valence-electron chi connectivity index (χ4n) is 0.458. The van der Waals surface area contributed by atoms with Crippen LogP contribution in [0.3, 0.4) is 0 Å². The lowest BCUT2D eigenvalue weighted by atomic mass is 10.3. The molecule has 0 aromatic rings. The Kier molecular flexibility index (Phi) is 4.87. The molecule has 0 saturated carbocycles. The molecular weight excluding hydrogens is 254 g/mol. The molecule has 0 bridgehead atoms. The first kappa shape index (κ1) is 14.6. The van der Waals surface area contributed by atoms with Crippen molar-refractivity contribution in [1.29, 1.82) is 0 Å². The molecule has 0 aliphatic rings. The second kappa shape index (κ2) is 4.65. The highest BCUT2D eigenvalue weighted by Crippen LogP contribution is 2.47. The molecule has 86 valence electrons. The molecule has 0 aliphatic heterocycles. The second-order valence-corrected chi connectivity index (χ2v) is 8.91. The van der Waals surface area contributed by atoms with E-state index in [1.807, 2.05) is 0 Å². The third kappa shape index (κ3) is 9.21. The highest BCUT2D eigenvalue weighted by molar-refractivity contribution is 8.17. The third-order valence-corrected chi connectivity index (χ3v) is 4.59. The van der Waals surface area contributed by atoms with Gasteiger partial charge in [0.1, 0.15) is 0 Å². The summed E-state index contributed by atoms with van der Waals surface area (Å²) in [6.45, 7) is 0.996. The van der Waals surface area contributed by atoms with Crippen LogP contribution in [0.2, 0.25) is 0 Å². The normalized spacial score (nSPS) is 17.6. The van der Waals surface area contributed by atoms with Crippen molar-refractivity contribution in [3.8, 4) is 0 Å². The molecule has 10 heteroatoms. The highest BCUT2D eigenvalue weighted by Gasteiger charge is 2.36. The van der Waals surface area contributed by atoms with Gasteiger partial charge in [-0.1, -0.05) is 0 Å². The van der Waals surface area contributed by atoms with E-state index in [4.69, 9.17) is 14.7 Å². The van der Waals surface area contributed by atoms with Gasteiger partial charge < -0.3 is 9.79 Å². The van der Waals surface area contributed by atoms with Crippen molar-refractivity contribution in [3.63, 3.8) is 0 Å². The van der Waals surface area contributed by atoms with E-state index in [9.17, 15) is 9.46 Å². The van der Waals surface area contributed by atoms with E-state index in [0.717, 1.165) is 0 Å². The van der Waals surface area contributed by atoms with Crippen LogP contribution < -0.4 is 4.89 Å². The monoisotopic (exact) mass is 266 g/mol. The maximum absolute atomic E-state index is 10.1. The van der Waals surface area contributed by atoms with Crippen molar-refractivity contribution < 1.29 is 33.5 Å². The average molecular weight is 266 g/mol. The van der Waals surface area contributed by atoms with E-state index in [0.29, 0.717) is 10.9 Å². The van der Waals surface area contributed by atoms with Crippen molar-refractivity contribution in [1.82, 2.24) is 0 Å². The van der Waals surface area contributed by atoms with E-state index in [1.54, 1.807) is 20.8 Å². The molecule has 0 fully saturated rings. The van der Waals surface area contributed by atoms with Gasteiger partial charge in [-0.05, 0) is 20.8 Å². The van der Waals surface area contributed by atoms with Crippen molar-refractivity contribution >= 4 is 25.5 Å². The molecule has 1 atom stereocenters. The maximum Gasteiger partial charge on any atom is 0.546 e. The van der Waals surface area contributed by atoms with E-state index >= 15 is 0 Å². The molecule has 14 heavy (non-hydrogen) atoms. The van der Waals surface area contributed by atoms with E-state index in [-0.39, 0.29) is 0 Å². The molecule has 7 nitrogen and oxygen atoms in total. The van der Waals surface area contributed by atoms with Crippen LogP contribution in [0.4, 0.5) is 0 Å². The van der Waals surface area contributed by atoms with Crippen LogP contribution in [-0.4, -0.2) is 19.4 Å². The fourth-order valence-corrected chi connectivity index (χ4v) is 4.36. The molecule has 3 N–H and O–H groups in total. The zero-order chi connectivity index (χ0) is 11.6. The van der Waals surface area contributed by atoms with Crippen LogP contribution in [0.15, 0.2) is 0 Å². The molecule has 0 spiro atoms. The zero-order valence-corrected chi connectivity index (χ0v) is 10.4. The van der Waals surface area contributed by atoms with Gasteiger partial charge >= 0.3 is 6.72 Å². The van der Waals surface area contributed by atoms with E-state index in [1.165, 1.54) is 0 Å². The molecular formula is C4H12O7P2S. The molecule has 0 aromatic carbocycles. The summed E-state index contributed by atoms with van der Waals surface area (Å²) in [4.78, 5) is 36.4. The van der Waals surface area contributed by atoms with Crippen molar-refractivity contribution in [2.75, 3.05) is 0 Å². The molecule has 0 aromatic heterocycles. The van der Waals surface area contributed by atoms with Gasteiger partial charge in [-0.15, -0.1) is 4.67 Å². The lowest BCUT2D eigenvalue weighted by Crippen LogP contribution is -2.13. The lowest BCUT2D eigenvalue weighted by Gasteiger charge is -2.13. The largest absolute Gasteiger partial charge is 0.755 e. The standard InChI is InChI=1S/C4H12O7P2S/c1-4(2,3)14-13(8,9)11-10-12(5,6)7/h1-3H3,(H3-,5,6,7,8,9). The van der Waals surface area contributed by atoms with Gasteiger partial charge in [0.05, 0.1) is 0 Å². The van der Waals surface area contributed by atoms with Crippen LogP contribution in [-0.2, 0) is 24.9 Å². The number of rotatable bonds is 3. The van der Waals surface area contributed by atoms with Gasteiger partial charge in [-0.2, -0.15) is 4.67 Å². The SMILES string of the molecule is CC(C)(C)[S+]=P(O)(O)OOP(=O)([O-])O. The molecule has 0 rings (SSSR count). The van der Waals surface area contributed by atoms with Gasteiger partial charge in [-0.3, -0.25) is 14.4 Å². The Labute approximate surface area is 85.1 Å². The Morgan fingerprint density at radius 1 is 1.21 bits per heavy atom. The number of hydrogen-bond donors (Lipinski definition) is 3. The summed E-state index contributed by atoms with van der Waals surface area (Å²) >= 11 is 0. The molecule has 1 unspecified atom stereocenters. The number of phosphoric acid groups is 1. The van der Waals surface area contributed by atoms with E-state index in [2.05, 4.69) is 9.35 Å². The Balaban J connectivity index is 4.51. The summed E-state index contributed by atoms with van der Waals surface area (Å²) in [5.74, 6) is 0. The van der Waals surface area contributed by atoms with Crippen LogP contribution in [0.25, 0.3) is 0 Å². The van der Waals surface area contributed by atoms with Crippen LogP contribution >= 0.6 is 14.5 Å². The van der Waals surface area contributed by atoms with Gasteiger partial charge in [0.15, 0.2) is 4.75 Å². The first-order chi connectivity index (χ1) is 5.91. The Hall–Kier alpha value is 0.640. The smallest absolute Gasteiger partial charge is 0.546 e. The topological polar surface area (TPSA) is 119 Å². The summed E-state index contributed by atoms with van der Waals surface area (Å²) in [6.07, 6.45) is 0. The quantitative estimate of drug-likeness (QED) is 0.283. The lowest BCUT2D eigenvalue weighted by molar-refractivity contribution is -0.268. The predicted molar refractivity (Wildman–Crippen MR) is 50.5 cm³/mol. The van der Waals surface area contributed by atoms with Crippen LogP contribution in [0.1, 0.15) is 20.8 Å². The van der Waals surface area contributed by atoms with Crippen LogP contribution in [0, 0.1) is 0 Å². The van der Waals surface area contributed by atoms with Gasteiger partial charge in [0.25, 0.3) is 7.82 Å². The number of hydrogen-bond acceptors (Lipinski definition) is 4. The second-order valence-electron chi connectivity index (χ2n) is 3.31. The summed E-state index contributed by atoms with van der Waals surface area (Å²) in [5.41, 5.74) is 0. The summed E-state index contributed by atoms with van der Waals surface area (Å²) < 4.78 is 16.8. The van der Waals surface area contributed by atoms with Crippen molar-refractivity contribution in [3.05, 3.63) is 0 Å². The minimum absolute atomic E-state index is 0.553. The molecule has 0 amide bonds. The first-order valence-corrected chi connectivity index (χ1v) is 7.91. The molecule has 0 radical (unpaired) electrons. The van der Waals surface area contributed by atoms with Crippen molar-refractivity contribution in [2.24, 2.45) is 0 Å². The molecule has 0 saturated heterocycles. The Morgan fingerprint density at radius 2 is 1.64 bits per heavy atom. The summed E-state index contributed by atoms with van der Waals surface area (Å²) in [5, 5.41) is 0. The Bertz CT molecular complexity index is 283.